The van der Waals surface area contributed by atoms with E-state index in [2.05, 4.69) is 11.8 Å². The Hall–Kier alpha value is -1.99. The molecule has 0 N–H and O–H groups in total. The average Bonchev–Trinajstić information content (AvgIpc) is 2.51. The van der Waals surface area contributed by atoms with Crippen molar-refractivity contribution >= 4 is 23.2 Å². The highest BCUT2D eigenvalue weighted by Crippen LogP contribution is 2.30. The predicted octanol–water partition coefficient (Wildman–Crippen LogP) is 3.43. The molecule has 0 aromatic heterocycles. The van der Waals surface area contributed by atoms with E-state index in [1.807, 2.05) is 6.92 Å². The largest absolute Gasteiger partial charge is 0.481 e. The summed E-state index contributed by atoms with van der Waals surface area (Å²) in [6.07, 6.45) is 2.19. The molecule has 22 heavy (non-hydrogen) atoms. The Labute approximate surface area is 134 Å². The van der Waals surface area contributed by atoms with E-state index in [4.69, 9.17) is 16.3 Å². The van der Waals surface area contributed by atoms with Crippen molar-refractivity contribution in [1.82, 2.24) is 4.90 Å². The van der Waals surface area contributed by atoms with Gasteiger partial charge in [0.25, 0.3) is 0 Å². The van der Waals surface area contributed by atoms with Gasteiger partial charge in [-0.05, 0) is 32.4 Å². The first kappa shape index (κ1) is 16.4. The number of halogens is 2. The molecular weight excluding hydrogens is 305 g/mol. The number of nitrogens with zero attached hydrogens (tertiary/aromatic N) is 1. The van der Waals surface area contributed by atoms with Gasteiger partial charge in [0.2, 0.25) is 5.91 Å². The maximum atomic E-state index is 14.3. The van der Waals surface area contributed by atoms with Gasteiger partial charge >= 0.3 is 0 Å². The van der Waals surface area contributed by atoms with Crippen molar-refractivity contribution in [2.24, 2.45) is 0 Å². The number of carbonyl (C=O) groups is 1. The maximum absolute atomic E-state index is 14.3. The van der Waals surface area contributed by atoms with Gasteiger partial charge < -0.3 is 9.64 Å². The fraction of sp³-hybridized carbons (Fsp3) is 0.353. The van der Waals surface area contributed by atoms with Crippen molar-refractivity contribution in [2.45, 2.75) is 25.6 Å². The molecule has 3 nitrogen and oxygen atoms in total. The van der Waals surface area contributed by atoms with Crippen LogP contribution in [0.15, 0.2) is 24.3 Å². The number of rotatable bonds is 4. The second kappa shape index (κ2) is 7.33. The Morgan fingerprint density at radius 2 is 2.27 bits per heavy atom. The number of hydrogen-bond donors (Lipinski definition) is 0. The van der Waals surface area contributed by atoms with Crippen LogP contribution in [0.5, 0.6) is 5.75 Å². The van der Waals surface area contributed by atoms with Crippen LogP contribution in [-0.4, -0.2) is 29.3 Å². The average molecular weight is 322 g/mol. The van der Waals surface area contributed by atoms with Crippen molar-refractivity contribution in [1.29, 1.82) is 0 Å². The van der Waals surface area contributed by atoms with Crippen LogP contribution in [0.4, 0.5) is 4.39 Å². The number of ether oxygens (including phenoxy) is 1. The number of hydrogen-bond acceptors (Lipinski definition) is 2. The van der Waals surface area contributed by atoms with Gasteiger partial charge in [0.05, 0.1) is 0 Å². The van der Waals surface area contributed by atoms with Gasteiger partial charge in [-0.15, -0.1) is 17.5 Å². The molecule has 0 radical (unpaired) electrons. The first-order chi connectivity index (χ1) is 10.6. The van der Waals surface area contributed by atoms with Crippen LogP contribution in [0.2, 0.25) is 0 Å². The normalized spacial score (nSPS) is 17.6. The van der Waals surface area contributed by atoms with E-state index in [9.17, 15) is 9.18 Å². The maximum Gasteiger partial charge on any atom is 0.245 e. The van der Waals surface area contributed by atoms with E-state index < -0.39 is 11.2 Å². The van der Waals surface area contributed by atoms with Crippen molar-refractivity contribution in [3.8, 4) is 17.6 Å². The monoisotopic (exact) mass is 321 g/mol. The van der Waals surface area contributed by atoms with Gasteiger partial charge in [-0.25, -0.2) is 4.39 Å². The molecule has 1 amide bonds. The van der Waals surface area contributed by atoms with Gasteiger partial charge in [-0.1, -0.05) is 12.0 Å². The SMILES string of the molecule is CC#CCOc1ccc(C2=CCC(Cl)C(=O)N2CC)c(F)c1. The summed E-state index contributed by atoms with van der Waals surface area (Å²) in [6, 6.07) is 4.58. The molecule has 0 bridgehead atoms. The lowest BCUT2D eigenvalue weighted by molar-refractivity contribution is -0.127. The molecule has 116 valence electrons. The number of benzene rings is 1. The molecule has 1 aliphatic rings. The molecular formula is C17H17ClFNO2. The van der Waals surface area contributed by atoms with Gasteiger partial charge in [0.15, 0.2) is 0 Å². The van der Waals surface area contributed by atoms with Crippen LogP contribution in [0, 0.1) is 17.7 Å². The molecule has 0 saturated carbocycles. The molecule has 1 aromatic carbocycles. The third kappa shape index (κ3) is 3.42. The van der Waals surface area contributed by atoms with Gasteiger partial charge in [-0.3, -0.25) is 4.79 Å². The van der Waals surface area contributed by atoms with Crippen molar-refractivity contribution < 1.29 is 13.9 Å². The van der Waals surface area contributed by atoms with Crippen LogP contribution in [0.3, 0.4) is 0 Å². The molecule has 0 fully saturated rings. The highest BCUT2D eigenvalue weighted by Gasteiger charge is 2.29. The van der Waals surface area contributed by atoms with E-state index in [-0.39, 0.29) is 12.5 Å². The Kier molecular flexibility index (Phi) is 5.46. The molecule has 5 heteroatoms. The third-order valence-electron chi connectivity index (χ3n) is 3.36. The number of allylic oxidation sites excluding steroid dienone is 1. The molecule has 1 atom stereocenters. The molecule has 0 aliphatic carbocycles. The lowest BCUT2D eigenvalue weighted by Crippen LogP contribution is -2.38. The summed E-state index contributed by atoms with van der Waals surface area (Å²) in [5.41, 5.74) is 0.925. The summed E-state index contributed by atoms with van der Waals surface area (Å²) < 4.78 is 19.7. The highest BCUT2D eigenvalue weighted by molar-refractivity contribution is 6.31. The van der Waals surface area contributed by atoms with Gasteiger partial charge in [0.1, 0.15) is 23.6 Å². The van der Waals surface area contributed by atoms with Crippen LogP contribution >= 0.6 is 11.6 Å². The first-order valence-corrected chi connectivity index (χ1v) is 7.50. The Morgan fingerprint density at radius 3 is 2.91 bits per heavy atom. The molecule has 1 aliphatic heterocycles. The molecule has 0 saturated heterocycles. The minimum atomic E-state index is -0.581. The fourth-order valence-corrected chi connectivity index (χ4v) is 2.49. The van der Waals surface area contributed by atoms with E-state index in [1.165, 1.54) is 11.0 Å². The second-order valence-corrected chi connectivity index (χ2v) is 5.26. The topological polar surface area (TPSA) is 29.5 Å². The van der Waals surface area contributed by atoms with Crippen LogP contribution in [0.1, 0.15) is 25.8 Å². The van der Waals surface area contributed by atoms with Crippen molar-refractivity contribution in [2.75, 3.05) is 13.2 Å². The third-order valence-corrected chi connectivity index (χ3v) is 3.73. The summed E-state index contributed by atoms with van der Waals surface area (Å²) in [7, 11) is 0. The van der Waals surface area contributed by atoms with E-state index in [0.717, 1.165) is 0 Å². The van der Waals surface area contributed by atoms with E-state index in [0.29, 0.717) is 30.0 Å². The first-order valence-electron chi connectivity index (χ1n) is 7.06. The Bertz CT molecular complexity index is 660. The van der Waals surface area contributed by atoms with Gasteiger partial charge in [0, 0.05) is 23.9 Å². The molecule has 2 rings (SSSR count). The summed E-state index contributed by atoms with van der Waals surface area (Å²) in [4.78, 5) is 13.6. The van der Waals surface area contributed by atoms with E-state index >= 15 is 0 Å². The number of carbonyl (C=O) groups excluding carboxylic acids is 1. The zero-order chi connectivity index (χ0) is 16.1. The lowest BCUT2D eigenvalue weighted by Gasteiger charge is -2.30. The molecule has 1 unspecified atom stereocenters. The summed E-state index contributed by atoms with van der Waals surface area (Å²) in [5.74, 6) is 5.23. The fourth-order valence-electron chi connectivity index (χ4n) is 2.28. The zero-order valence-electron chi connectivity index (χ0n) is 12.5. The number of amides is 1. The molecule has 1 heterocycles. The lowest BCUT2D eigenvalue weighted by atomic mass is 10.0. The van der Waals surface area contributed by atoms with Crippen molar-refractivity contribution in [3.05, 3.63) is 35.7 Å². The van der Waals surface area contributed by atoms with Gasteiger partial charge in [-0.2, -0.15) is 0 Å². The summed E-state index contributed by atoms with van der Waals surface area (Å²) >= 11 is 5.97. The Morgan fingerprint density at radius 1 is 1.50 bits per heavy atom. The van der Waals surface area contributed by atoms with Crippen molar-refractivity contribution in [3.63, 3.8) is 0 Å². The zero-order valence-corrected chi connectivity index (χ0v) is 13.3. The minimum absolute atomic E-state index is 0.195. The predicted molar refractivity (Wildman–Crippen MR) is 85.0 cm³/mol. The summed E-state index contributed by atoms with van der Waals surface area (Å²) in [6.45, 7) is 4.20. The minimum Gasteiger partial charge on any atom is -0.481 e. The van der Waals surface area contributed by atoms with Crippen LogP contribution in [-0.2, 0) is 4.79 Å². The second-order valence-electron chi connectivity index (χ2n) is 4.73. The Balaban J connectivity index is 2.28. The number of alkyl halides is 1. The van der Waals surface area contributed by atoms with Crippen LogP contribution in [0.25, 0.3) is 5.70 Å². The standard InChI is InChI=1S/C17H17ClFNO2/c1-3-5-10-22-12-6-7-13(15(19)11-12)16-9-8-14(18)17(21)20(16)4-2/h6-7,9,11,14H,4,8,10H2,1-2H3. The highest BCUT2D eigenvalue weighted by atomic mass is 35.5. The smallest absolute Gasteiger partial charge is 0.245 e. The van der Waals surface area contributed by atoms with E-state index in [1.54, 1.807) is 25.1 Å². The molecule has 0 spiro atoms. The summed E-state index contributed by atoms with van der Waals surface area (Å²) in [5, 5.41) is -0.581. The molecule has 1 aromatic rings. The van der Waals surface area contributed by atoms with Crippen LogP contribution < -0.4 is 4.74 Å². The quantitative estimate of drug-likeness (QED) is 0.628.